The highest BCUT2D eigenvalue weighted by molar-refractivity contribution is 5.57. The van der Waals surface area contributed by atoms with Crippen LogP contribution >= 0.6 is 0 Å². The van der Waals surface area contributed by atoms with E-state index in [0.29, 0.717) is 19.0 Å². The number of para-hydroxylation sites is 1. The third kappa shape index (κ3) is 4.52. The van der Waals surface area contributed by atoms with Crippen LogP contribution in [0.4, 0.5) is 0 Å². The van der Waals surface area contributed by atoms with Gasteiger partial charge in [0.1, 0.15) is 28.6 Å². The summed E-state index contributed by atoms with van der Waals surface area (Å²) in [7, 11) is 2.00. The SMILES string of the molecule is Cc1nonc1CN(C)Cc1nc(-c2cccc(Oc3ccccc3)c2)oc1C. The Bertz CT molecular complexity index is 1090. The molecule has 0 saturated heterocycles. The molecule has 0 bridgehead atoms. The third-order valence-corrected chi connectivity index (χ3v) is 4.54. The molecule has 0 radical (unpaired) electrons. The summed E-state index contributed by atoms with van der Waals surface area (Å²) in [6, 6.07) is 17.4. The summed E-state index contributed by atoms with van der Waals surface area (Å²) in [5, 5.41) is 7.75. The highest BCUT2D eigenvalue weighted by Crippen LogP contribution is 2.28. The van der Waals surface area contributed by atoms with Crippen molar-refractivity contribution in [3.05, 3.63) is 77.4 Å². The van der Waals surface area contributed by atoms with Crippen LogP contribution in [-0.4, -0.2) is 27.2 Å². The van der Waals surface area contributed by atoms with Crippen LogP contribution in [-0.2, 0) is 13.1 Å². The number of benzene rings is 2. The molecule has 7 heteroatoms. The Labute approximate surface area is 168 Å². The minimum absolute atomic E-state index is 0.573. The van der Waals surface area contributed by atoms with Gasteiger partial charge in [0.15, 0.2) is 0 Å². The summed E-state index contributed by atoms with van der Waals surface area (Å²) < 4.78 is 16.6. The normalized spacial score (nSPS) is 11.2. The second-order valence-electron chi connectivity index (χ2n) is 6.93. The predicted molar refractivity (Wildman–Crippen MR) is 107 cm³/mol. The number of ether oxygens (including phenoxy) is 1. The van der Waals surface area contributed by atoms with Gasteiger partial charge in [0.05, 0.1) is 5.69 Å². The van der Waals surface area contributed by atoms with Crippen LogP contribution in [0.25, 0.3) is 11.5 Å². The molecule has 0 aliphatic rings. The van der Waals surface area contributed by atoms with Gasteiger partial charge in [-0.25, -0.2) is 9.61 Å². The molecule has 148 valence electrons. The fourth-order valence-corrected chi connectivity index (χ4v) is 2.98. The van der Waals surface area contributed by atoms with Gasteiger partial charge in [-0.1, -0.05) is 34.6 Å². The first kappa shape index (κ1) is 18.9. The predicted octanol–water partition coefficient (Wildman–Crippen LogP) is 4.77. The molecule has 0 amide bonds. The van der Waals surface area contributed by atoms with Gasteiger partial charge in [-0.2, -0.15) is 0 Å². The van der Waals surface area contributed by atoms with Crippen molar-refractivity contribution in [2.75, 3.05) is 7.05 Å². The quantitative estimate of drug-likeness (QED) is 0.450. The zero-order valence-corrected chi connectivity index (χ0v) is 16.6. The summed E-state index contributed by atoms with van der Waals surface area (Å²) in [5.41, 5.74) is 3.36. The lowest BCUT2D eigenvalue weighted by atomic mass is 10.2. The maximum atomic E-state index is 5.93. The molecule has 0 unspecified atom stereocenters. The first-order valence-corrected chi connectivity index (χ1v) is 9.34. The molecule has 0 atom stereocenters. The number of oxazole rings is 1. The van der Waals surface area contributed by atoms with Crippen LogP contribution in [0.3, 0.4) is 0 Å². The Balaban J connectivity index is 1.49. The zero-order valence-electron chi connectivity index (χ0n) is 16.6. The molecular formula is C22H22N4O3. The van der Waals surface area contributed by atoms with E-state index in [4.69, 9.17) is 18.8 Å². The topological polar surface area (TPSA) is 77.4 Å². The molecule has 0 spiro atoms. The lowest BCUT2D eigenvalue weighted by molar-refractivity contribution is 0.277. The molecule has 0 saturated carbocycles. The minimum atomic E-state index is 0.573. The maximum absolute atomic E-state index is 5.93. The van der Waals surface area contributed by atoms with Crippen LogP contribution in [0, 0.1) is 13.8 Å². The summed E-state index contributed by atoms with van der Waals surface area (Å²) in [5.74, 6) is 2.88. The van der Waals surface area contributed by atoms with Crippen molar-refractivity contribution in [3.8, 4) is 23.0 Å². The first-order chi connectivity index (χ1) is 14.1. The van der Waals surface area contributed by atoms with E-state index >= 15 is 0 Å². The maximum Gasteiger partial charge on any atom is 0.226 e. The zero-order chi connectivity index (χ0) is 20.2. The van der Waals surface area contributed by atoms with Gasteiger partial charge in [-0.3, -0.25) is 4.90 Å². The van der Waals surface area contributed by atoms with Crippen LogP contribution in [0.1, 0.15) is 22.8 Å². The van der Waals surface area contributed by atoms with Gasteiger partial charge in [0.25, 0.3) is 0 Å². The molecule has 2 heterocycles. The van der Waals surface area contributed by atoms with E-state index in [-0.39, 0.29) is 0 Å². The second kappa shape index (κ2) is 8.28. The summed E-state index contributed by atoms with van der Waals surface area (Å²) in [6.45, 7) is 5.05. The highest BCUT2D eigenvalue weighted by Gasteiger charge is 2.16. The number of rotatable bonds is 7. The average molecular weight is 390 g/mol. The molecule has 4 rings (SSSR count). The van der Waals surface area contributed by atoms with Crippen LogP contribution in [0.5, 0.6) is 11.5 Å². The smallest absolute Gasteiger partial charge is 0.226 e. The van der Waals surface area contributed by atoms with Crippen molar-refractivity contribution in [3.63, 3.8) is 0 Å². The van der Waals surface area contributed by atoms with Crippen LogP contribution < -0.4 is 4.74 Å². The Kier molecular flexibility index (Phi) is 5.39. The fourth-order valence-electron chi connectivity index (χ4n) is 2.98. The van der Waals surface area contributed by atoms with Crippen molar-refractivity contribution in [1.82, 2.24) is 20.2 Å². The van der Waals surface area contributed by atoms with E-state index in [1.54, 1.807) is 0 Å². The van der Waals surface area contributed by atoms with Gasteiger partial charge < -0.3 is 9.15 Å². The average Bonchev–Trinajstić information content (AvgIpc) is 3.28. The molecule has 0 fully saturated rings. The van der Waals surface area contributed by atoms with Crippen LogP contribution in [0.2, 0.25) is 0 Å². The van der Waals surface area contributed by atoms with E-state index in [9.17, 15) is 0 Å². The first-order valence-electron chi connectivity index (χ1n) is 9.34. The van der Waals surface area contributed by atoms with Crippen molar-refractivity contribution in [1.29, 1.82) is 0 Å². The van der Waals surface area contributed by atoms with Gasteiger partial charge in [0.2, 0.25) is 5.89 Å². The molecule has 2 aromatic carbocycles. The molecule has 0 aliphatic heterocycles. The monoisotopic (exact) mass is 390 g/mol. The molecule has 4 aromatic rings. The third-order valence-electron chi connectivity index (χ3n) is 4.54. The van der Waals surface area contributed by atoms with E-state index in [1.165, 1.54) is 0 Å². The number of aryl methyl sites for hydroxylation is 2. The molecule has 0 N–H and O–H groups in total. The highest BCUT2D eigenvalue weighted by atomic mass is 16.6. The number of nitrogens with zero attached hydrogens (tertiary/aromatic N) is 4. The van der Waals surface area contributed by atoms with E-state index < -0.39 is 0 Å². The number of hydrogen-bond donors (Lipinski definition) is 0. The van der Waals surface area contributed by atoms with Crippen molar-refractivity contribution in [2.45, 2.75) is 26.9 Å². The van der Waals surface area contributed by atoms with Gasteiger partial charge >= 0.3 is 0 Å². The Morgan fingerprint density at radius 1 is 0.897 bits per heavy atom. The van der Waals surface area contributed by atoms with Crippen molar-refractivity contribution in [2.24, 2.45) is 0 Å². The summed E-state index contributed by atoms with van der Waals surface area (Å²) >= 11 is 0. The molecule has 7 nitrogen and oxygen atoms in total. The minimum Gasteiger partial charge on any atom is -0.457 e. The van der Waals surface area contributed by atoms with Crippen molar-refractivity contribution >= 4 is 0 Å². The van der Waals surface area contributed by atoms with E-state index in [2.05, 4.69) is 15.2 Å². The molecule has 0 aliphatic carbocycles. The van der Waals surface area contributed by atoms with Gasteiger partial charge in [0, 0.05) is 18.7 Å². The lowest BCUT2D eigenvalue weighted by Crippen LogP contribution is -2.18. The second-order valence-corrected chi connectivity index (χ2v) is 6.93. The van der Waals surface area contributed by atoms with E-state index in [0.717, 1.165) is 39.9 Å². The summed E-state index contributed by atoms with van der Waals surface area (Å²) in [6.07, 6.45) is 0. The largest absolute Gasteiger partial charge is 0.457 e. The van der Waals surface area contributed by atoms with E-state index in [1.807, 2.05) is 75.5 Å². The van der Waals surface area contributed by atoms with Crippen molar-refractivity contribution < 1.29 is 13.8 Å². The summed E-state index contributed by atoms with van der Waals surface area (Å²) in [4.78, 5) is 6.79. The number of aromatic nitrogens is 3. The fraction of sp³-hybridized carbons (Fsp3) is 0.227. The molecule has 2 aromatic heterocycles. The standard InChI is InChI=1S/C22H22N4O3/c1-15-20(25-29-24-15)13-26(3)14-21-16(2)27-22(23-21)17-8-7-11-19(12-17)28-18-9-5-4-6-10-18/h4-12H,13-14H2,1-3H3. The lowest BCUT2D eigenvalue weighted by Gasteiger charge is -2.13. The van der Waals surface area contributed by atoms with Gasteiger partial charge in [-0.05, 0) is 51.2 Å². The number of hydrogen-bond acceptors (Lipinski definition) is 7. The Morgan fingerprint density at radius 3 is 2.41 bits per heavy atom. The Hall–Kier alpha value is -3.45. The molecule has 29 heavy (non-hydrogen) atoms. The molecular weight excluding hydrogens is 368 g/mol. The Morgan fingerprint density at radius 2 is 1.66 bits per heavy atom. The van der Waals surface area contributed by atoms with Crippen LogP contribution in [0.15, 0.2) is 63.6 Å². The van der Waals surface area contributed by atoms with Gasteiger partial charge in [-0.15, -0.1) is 0 Å².